The molecule has 90 valence electrons. The Morgan fingerprint density at radius 1 is 1.41 bits per heavy atom. The number of hydrogen-bond acceptors (Lipinski definition) is 5. The van der Waals surface area contributed by atoms with Crippen molar-refractivity contribution in [2.75, 3.05) is 7.11 Å². The highest BCUT2D eigenvalue weighted by Crippen LogP contribution is 2.25. The van der Waals surface area contributed by atoms with Gasteiger partial charge in [0.1, 0.15) is 18.1 Å². The van der Waals surface area contributed by atoms with Gasteiger partial charge in [-0.25, -0.2) is 4.98 Å². The van der Waals surface area contributed by atoms with Crippen LogP contribution in [0.3, 0.4) is 0 Å². The molecule has 0 aliphatic rings. The Labute approximate surface area is 104 Å². The number of ether oxygens (including phenoxy) is 2. The molecule has 0 aliphatic carbocycles. The highest BCUT2D eigenvalue weighted by Gasteiger charge is 2.05. The van der Waals surface area contributed by atoms with Crippen LogP contribution in [0.1, 0.15) is 11.3 Å². The number of rotatable bonds is 5. The third-order valence-corrected chi connectivity index (χ3v) is 2.99. The Morgan fingerprint density at radius 3 is 2.94 bits per heavy atom. The van der Waals surface area contributed by atoms with Crippen LogP contribution >= 0.6 is 11.3 Å². The Morgan fingerprint density at radius 2 is 2.29 bits per heavy atom. The molecule has 0 unspecified atom stereocenters. The van der Waals surface area contributed by atoms with Crippen molar-refractivity contribution in [3.8, 4) is 11.5 Å². The van der Waals surface area contributed by atoms with Gasteiger partial charge in [0.15, 0.2) is 0 Å². The number of benzene rings is 1. The molecule has 5 heteroatoms. The smallest absolute Gasteiger partial charge is 0.131 e. The van der Waals surface area contributed by atoms with Gasteiger partial charge in [0.2, 0.25) is 0 Å². The van der Waals surface area contributed by atoms with Crippen LogP contribution in [0.2, 0.25) is 0 Å². The Kier molecular flexibility index (Phi) is 3.95. The monoisotopic (exact) mass is 250 g/mol. The van der Waals surface area contributed by atoms with E-state index in [4.69, 9.17) is 15.2 Å². The van der Waals surface area contributed by atoms with Crippen molar-refractivity contribution < 1.29 is 9.47 Å². The van der Waals surface area contributed by atoms with Crippen molar-refractivity contribution in [1.29, 1.82) is 0 Å². The maximum Gasteiger partial charge on any atom is 0.131 e. The first-order valence-electron chi connectivity index (χ1n) is 5.20. The van der Waals surface area contributed by atoms with Crippen molar-refractivity contribution in [2.45, 2.75) is 13.2 Å². The van der Waals surface area contributed by atoms with Crippen LogP contribution in [0.4, 0.5) is 0 Å². The number of hydrogen-bond donors (Lipinski definition) is 1. The van der Waals surface area contributed by atoms with E-state index >= 15 is 0 Å². The molecule has 17 heavy (non-hydrogen) atoms. The highest BCUT2D eigenvalue weighted by molar-refractivity contribution is 7.07. The van der Waals surface area contributed by atoms with Gasteiger partial charge in [-0.05, 0) is 6.07 Å². The van der Waals surface area contributed by atoms with E-state index in [9.17, 15) is 0 Å². The van der Waals surface area contributed by atoms with Crippen molar-refractivity contribution in [2.24, 2.45) is 5.73 Å². The topological polar surface area (TPSA) is 57.4 Å². The Hall–Kier alpha value is -1.59. The zero-order chi connectivity index (χ0) is 12.1. The maximum absolute atomic E-state index is 5.70. The third kappa shape index (κ3) is 2.95. The second-order valence-corrected chi connectivity index (χ2v) is 4.16. The van der Waals surface area contributed by atoms with Gasteiger partial charge in [0.25, 0.3) is 0 Å². The number of nitrogens with two attached hydrogens (primary N) is 1. The molecule has 0 saturated heterocycles. The first-order chi connectivity index (χ1) is 8.33. The molecule has 4 nitrogen and oxygen atoms in total. The fourth-order valence-electron chi connectivity index (χ4n) is 1.43. The number of methoxy groups -OCH3 is 1. The predicted octanol–water partition coefficient (Wildman–Crippen LogP) is 2.19. The molecule has 0 bridgehead atoms. The fraction of sp³-hybridized carbons (Fsp3) is 0.250. The van der Waals surface area contributed by atoms with E-state index in [0.29, 0.717) is 13.2 Å². The van der Waals surface area contributed by atoms with Crippen molar-refractivity contribution in [3.05, 3.63) is 40.3 Å². The molecule has 1 aromatic heterocycles. The lowest BCUT2D eigenvalue weighted by Gasteiger charge is -2.11. The van der Waals surface area contributed by atoms with Gasteiger partial charge >= 0.3 is 0 Å². The van der Waals surface area contributed by atoms with Crippen molar-refractivity contribution in [1.82, 2.24) is 4.98 Å². The van der Waals surface area contributed by atoms with E-state index in [-0.39, 0.29) is 0 Å². The molecule has 0 saturated carbocycles. The third-order valence-electron chi connectivity index (χ3n) is 2.35. The predicted molar refractivity (Wildman–Crippen MR) is 67.3 cm³/mol. The first kappa shape index (κ1) is 11.9. The quantitative estimate of drug-likeness (QED) is 0.883. The van der Waals surface area contributed by atoms with Gasteiger partial charge in [-0.1, -0.05) is 6.07 Å². The second kappa shape index (κ2) is 5.65. The molecular formula is C12H14N2O2S. The van der Waals surface area contributed by atoms with Gasteiger partial charge in [-0.2, -0.15) is 0 Å². The van der Waals surface area contributed by atoms with Crippen LogP contribution < -0.4 is 15.2 Å². The number of nitrogens with zero attached hydrogens (tertiary/aromatic N) is 1. The summed E-state index contributed by atoms with van der Waals surface area (Å²) < 4.78 is 10.9. The highest BCUT2D eigenvalue weighted by atomic mass is 32.1. The molecule has 2 aromatic rings. The van der Waals surface area contributed by atoms with Gasteiger partial charge in [-0.3, -0.25) is 0 Å². The van der Waals surface area contributed by atoms with Crippen molar-refractivity contribution >= 4 is 11.3 Å². The number of aromatic nitrogens is 1. The minimum atomic E-state index is 0.441. The van der Waals surface area contributed by atoms with E-state index in [1.165, 1.54) is 0 Å². The summed E-state index contributed by atoms with van der Waals surface area (Å²) in [4.78, 5) is 4.16. The summed E-state index contributed by atoms with van der Waals surface area (Å²) in [6.45, 7) is 0.889. The molecule has 0 spiro atoms. The standard InChI is InChI=1S/C12H14N2O2S/c1-15-11-3-2-9(5-13)12(4-11)16-6-10-7-17-8-14-10/h2-4,7-8H,5-6,13H2,1H3. The maximum atomic E-state index is 5.70. The van der Waals surface area contributed by atoms with E-state index in [0.717, 1.165) is 22.8 Å². The second-order valence-electron chi connectivity index (χ2n) is 3.45. The SMILES string of the molecule is COc1ccc(CN)c(OCc2cscn2)c1. The lowest BCUT2D eigenvalue weighted by Crippen LogP contribution is -2.03. The summed E-state index contributed by atoms with van der Waals surface area (Å²) in [5.74, 6) is 1.51. The normalized spacial score (nSPS) is 10.2. The van der Waals surface area contributed by atoms with E-state index in [2.05, 4.69) is 4.98 Å². The van der Waals surface area contributed by atoms with Gasteiger partial charge in [0.05, 0.1) is 18.3 Å². The summed E-state index contributed by atoms with van der Waals surface area (Å²) >= 11 is 1.55. The van der Waals surface area contributed by atoms with E-state index in [1.807, 2.05) is 23.6 Å². The summed E-state index contributed by atoms with van der Waals surface area (Å²) in [7, 11) is 1.63. The summed E-state index contributed by atoms with van der Waals surface area (Å²) in [6.07, 6.45) is 0. The molecular weight excluding hydrogens is 236 g/mol. The largest absolute Gasteiger partial charge is 0.497 e. The Balaban J connectivity index is 2.12. The summed E-state index contributed by atoms with van der Waals surface area (Å²) in [5.41, 5.74) is 9.32. The van der Waals surface area contributed by atoms with Crippen LogP contribution in [0.5, 0.6) is 11.5 Å². The van der Waals surface area contributed by atoms with Gasteiger partial charge in [-0.15, -0.1) is 11.3 Å². The molecule has 1 heterocycles. The Bertz CT molecular complexity index is 471. The summed E-state index contributed by atoms with van der Waals surface area (Å²) in [5, 5.41) is 1.96. The number of thiazole rings is 1. The molecule has 0 aliphatic heterocycles. The van der Waals surface area contributed by atoms with Crippen LogP contribution in [0.25, 0.3) is 0 Å². The zero-order valence-electron chi connectivity index (χ0n) is 9.55. The van der Waals surface area contributed by atoms with E-state index in [1.54, 1.807) is 24.0 Å². The van der Waals surface area contributed by atoms with Crippen LogP contribution in [0.15, 0.2) is 29.1 Å². The lowest BCUT2D eigenvalue weighted by atomic mass is 10.2. The van der Waals surface area contributed by atoms with Crippen molar-refractivity contribution in [3.63, 3.8) is 0 Å². The van der Waals surface area contributed by atoms with Gasteiger partial charge < -0.3 is 15.2 Å². The molecule has 0 fully saturated rings. The molecule has 0 atom stereocenters. The molecule has 1 aromatic carbocycles. The molecule has 2 N–H and O–H groups in total. The molecule has 0 amide bonds. The first-order valence-corrected chi connectivity index (χ1v) is 6.14. The minimum Gasteiger partial charge on any atom is -0.497 e. The summed E-state index contributed by atoms with van der Waals surface area (Å²) in [6, 6.07) is 5.63. The fourth-order valence-corrected chi connectivity index (χ4v) is 1.97. The average molecular weight is 250 g/mol. The van der Waals surface area contributed by atoms with Crippen LogP contribution in [0, 0.1) is 0 Å². The van der Waals surface area contributed by atoms with Crippen LogP contribution in [-0.4, -0.2) is 12.1 Å². The molecule has 2 rings (SSSR count). The zero-order valence-corrected chi connectivity index (χ0v) is 10.4. The minimum absolute atomic E-state index is 0.441. The van der Waals surface area contributed by atoms with Gasteiger partial charge in [0, 0.05) is 23.6 Å². The van der Waals surface area contributed by atoms with Crippen LogP contribution in [-0.2, 0) is 13.2 Å². The molecule has 0 radical (unpaired) electrons. The van der Waals surface area contributed by atoms with E-state index < -0.39 is 0 Å². The lowest BCUT2D eigenvalue weighted by molar-refractivity contribution is 0.296. The average Bonchev–Trinajstić information content (AvgIpc) is 2.89.